The van der Waals surface area contributed by atoms with Crippen molar-refractivity contribution in [1.82, 2.24) is 15.3 Å². The average Bonchev–Trinajstić information content (AvgIpc) is 3.02. The number of carbonyl (C=O) groups excluding carboxylic acids is 1. The second kappa shape index (κ2) is 10.4. The first-order valence-electron chi connectivity index (χ1n) is 15.1. The van der Waals surface area contributed by atoms with Crippen LogP contribution in [0.3, 0.4) is 0 Å². The molecule has 220 valence electrons. The molecule has 0 bridgehead atoms. The molecule has 1 saturated carbocycles. The van der Waals surface area contributed by atoms with Gasteiger partial charge in [-0.1, -0.05) is 37.6 Å². The molecule has 7 heteroatoms. The van der Waals surface area contributed by atoms with E-state index in [9.17, 15) is 4.79 Å². The molecule has 1 aliphatic carbocycles. The van der Waals surface area contributed by atoms with Crippen molar-refractivity contribution in [3.63, 3.8) is 0 Å². The smallest absolute Gasteiger partial charge is 0.251 e. The summed E-state index contributed by atoms with van der Waals surface area (Å²) < 4.78 is 17.6. The van der Waals surface area contributed by atoms with E-state index in [2.05, 4.69) is 44.3 Å². The number of carbonyl (C=O) groups is 1. The first-order chi connectivity index (χ1) is 20.8. The minimum atomic E-state index is -0.253. The molecule has 0 saturated heterocycles. The Kier molecular flexibility index (Phi) is 6.64. The first kappa shape index (κ1) is 27.4. The molecular weight excluding hydrogens is 538 g/mol. The van der Waals surface area contributed by atoms with Gasteiger partial charge in [-0.2, -0.15) is 0 Å². The highest BCUT2D eigenvalue weighted by Gasteiger charge is 2.47. The number of benzene rings is 4. The topological polar surface area (TPSA) is 82.6 Å². The maximum absolute atomic E-state index is 13.3. The number of ether oxygens (including phenoxy) is 3. The molecule has 7 rings (SSSR count). The number of hydrogen-bond donors (Lipinski definition) is 1. The lowest BCUT2D eigenvalue weighted by molar-refractivity contribution is -0.0115. The zero-order valence-corrected chi connectivity index (χ0v) is 25.4. The third-order valence-corrected chi connectivity index (χ3v) is 9.53. The fourth-order valence-electron chi connectivity index (χ4n) is 7.31. The van der Waals surface area contributed by atoms with E-state index >= 15 is 0 Å². The molecule has 7 nitrogen and oxygen atoms in total. The summed E-state index contributed by atoms with van der Waals surface area (Å²) in [5, 5.41) is 5.11. The number of fused-ring (bicyclic) bond motifs is 9. The predicted molar refractivity (Wildman–Crippen MR) is 169 cm³/mol. The van der Waals surface area contributed by atoms with Gasteiger partial charge >= 0.3 is 0 Å². The van der Waals surface area contributed by atoms with Gasteiger partial charge in [0.2, 0.25) is 0 Å². The van der Waals surface area contributed by atoms with Crippen LogP contribution in [0.4, 0.5) is 0 Å². The normalized spacial score (nSPS) is 20.7. The van der Waals surface area contributed by atoms with Gasteiger partial charge in [0.05, 0.1) is 36.3 Å². The van der Waals surface area contributed by atoms with E-state index < -0.39 is 0 Å². The second-order valence-electron chi connectivity index (χ2n) is 12.6. The van der Waals surface area contributed by atoms with Crippen molar-refractivity contribution < 1.29 is 19.0 Å². The van der Waals surface area contributed by atoms with E-state index in [0.29, 0.717) is 46.9 Å². The largest absolute Gasteiger partial charge is 0.497 e. The van der Waals surface area contributed by atoms with Crippen LogP contribution in [0.5, 0.6) is 17.2 Å². The SMILES string of the molecule is COc1ccc(CNC(=O)c2ccc3nc4c5c(c6ccccc6c4nc3c2)OC(C)(C)[C@H]2CC[C@H](C)C[C@H]52)c(OC)c1. The van der Waals surface area contributed by atoms with Crippen LogP contribution in [0, 0.1) is 11.8 Å². The van der Waals surface area contributed by atoms with Crippen molar-refractivity contribution >= 4 is 38.7 Å². The Morgan fingerprint density at radius 3 is 2.53 bits per heavy atom. The Morgan fingerprint density at radius 2 is 1.74 bits per heavy atom. The summed E-state index contributed by atoms with van der Waals surface area (Å²) in [4.78, 5) is 23.7. The number of hydrogen-bond acceptors (Lipinski definition) is 6. The van der Waals surface area contributed by atoms with Crippen LogP contribution in [0.15, 0.2) is 60.7 Å². The number of rotatable bonds is 5. The van der Waals surface area contributed by atoms with Gasteiger partial charge in [-0.15, -0.1) is 0 Å². The molecule has 2 aliphatic rings. The number of methoxy groups -OCH3 is 2. The van der Waals surface area contributed by atoms with Crippen LogP contribution in [-0.4, -0.2) is 35.7 Å². The molecule has 1 aromatic heterocycles. The molecule has 3 atom stereocenters. The van der Waals surface area contributed by atoms with Crippen molar-refractivity contribution in [1.29, 1.82) is 0 Å². The molecule has 1 fully saturated rings. The number of amides is 1. The fraction of sp³-hybridized carbons (Fsp3) is 0.361. The van der Waals surface area contributed by atoms with Crippen LogP contribution in [-0.2, 0) is 6.54 Å². The molecule has 0 spiro atoms. The Morgan fingerprint density at radius 1 is 0.953 bits per heavy atom. The van der Waals surface area contributed by atoms with E-state index in [4.69, 9.17) is 24.2 Å². The van der Waals surface area contributed by atoms with Gasteiger partial charge in [0.25, 0.3) is 5.91 Å². The van der Waals surface area contributed by atoms with Gasteiger partial charge in [-0.05, 0) is 68.9 Å². The van der Waals surface area contributed by atoms with Crippen molar-refractivity contribution in [2.45, 2.75) is 58.1 Å². The summed E-state index contributed by atoms with van der Waals surface area (Å²) >= 11 is 0. The Labute approximate surface area is 251 Å². The minimum Gasteiger partial charge on any atom is -0.497 e. The van der Waals surface area contributed by atoms with Crippen LogP contribution < -0.4 is 19.5 Å². The Balaban J connectivity index is 1.31. The lowest BCUT2D eigenvalue weighted by Crippen LogP contribution is -2.46. The van der Waals surface area contributed by atoms with E-state index in [1.807, 2.05) is 42.5 Å². The molecular formula is C36H37N3O4. The fourth-order valence-corrected chi connectivity index (χ4v) is 7.31. The van der Waals surface area contributed by atoms with Crippen molar-refractivity contribution in [2.75, 3.05) is 14.2 Å². The van der Waals surface area contributed by atoms with Crippen molar-refractivity contribution in [3.05, 3.63) is 77.4 Å². The number of nitrogens with one attached hydrogen (secondary N) is 1. The number of nitrogens with zero attached hydrogens (tertiary/aromatic N) is 2. The lowest BCUT2D eigenvalue weighted by Gasteiger charge is -2.49. The predicted octanol–water partition coefficient (Wildman–Crippen LogP) is 7.57. The average molecular weight is 576 g/mol. The van der Waals surface area contributed by atoms with Gasteiger partial charge in [-0.3, -0.25) is 4.79 Å². The highest BCUT2D eigenvalue weighted by molar-refractivity contribution is 6.11. The van der Waals surface area contributed by atoms with Gasteiger partial charge in [0.15, 0.2) is 0 Å². The van der Waals surface area contributed by atoms with Crippen LogP contribution in [0.25, 0.3) is 32.8 Å². The van der Waals surface area contributed by atoms with E-state index in [-0.39, 0.29) is 11.5 Å². The summed E-state index contributed by atoms with van der Waals surface area (Å²) in [7, 11) is 3.22. The van der Waals surface area contributed by atoms with Gasteiger partial charge in [0, 0.05) is 46.0 Å². The molecule has 4 aromatic carbocycles. The highest BCUT2D eigenvalue weighted by Crippen LogP contribution is 2.56. The minimum absolute atomic E-state index is 0.188. The summed E-state index contributed by atoms with van der Waals surface area (Å²) in [5.74, 6) is 3.57. The van der Waals surface area contributed by atoms with Gasteiger partial charge in [-0.25, -0.2) is 9.97 Å². The molecule has 1 aliphatic heterocycles. The Hall–Kier alpha value is -4.39. The summed E-state index contributed by atoms with van der Waals surface area (Å²) in [6, 6.07) is 19.5. The molecule has 1 amide bonds. The molecule has 1 N–H and O–H groups in total. The summed E-state index contributed by atoms with van der Waals surface area (Å²) in [6.07, 6.45) is 3.49. The second-order valence-corrected chi connectivity index (χ2v) is 12.6. The monoisotopic (exact) mass is 575 g/mol. The van der Waals surface area contributed by atoms with Crippen LogP contribution in [0.2, 0.25) is 0 Å². The maximum atomic E-state index is 13.3. The van der Waals surface area contributed by atoms with Crippen molar-refractivity contribution in [3.8, 4) is 17.2 Å². The van der Waals surface area contributed by atoms with E-state index in [1.54, 1.807) is 14.2 Å². The highest BCUT2D eigenvalue weighted by atomic mass is 16.5. The standard InChI is InChI=1S/C36H37N3O4/c1-20-10-14-27-26(16-20)31-33-32(24-8-6-7-9-25(24)34(31)43-36(27,2)3)39-29-17-21(12-15-28(29)38-33)35(40)37-19-22-11-13-23(41-4)18-30(22)42-5/h6-9,11-13,15,17-18,20,26-27H,10,14,16,19H2,1-5H3,(H,37,40)/t20-,26-,27-/m0/s1. The zero-order chi connectivity index (χ0) is 29.9. The summed E-state index contributed by atoms with van der Waals surface area (Å²) in [6.45, 7) is 7.17. The van der Waals surface area contributed by atoms with Crippen LogP contribution in [0.1, 0.15) is 67.4 Å². The van der Waals surface area contributed by atoms with E-state index in [1.165, 1.54) is 12.0 Å². The molecule has 2 heterocycles. The lowest BCUT2D eigenvalue weighted by atomic mass is 9.64. The maximum Gasteiger partial charge on any atom is 0.251 e. The van der Waals surface area contributed by atoms with E-state index in [0.717, 1.165) is 51.5 Å². The third-order valence-electron chi connectivity index (χ3n) is 9.53. The van der Waals surface area contributed by atoms with Gasteiger partial charge < -0.3 is 19.5 Å². The first-order valence-corrected chi connectivity index (χ1v) is 15.1. The van der Waals surface area contributed by atoms with Crippen LogP contribution >= 0.6 is 0 Å². The molecule has 0 unspecified atom stereocenters. The molecule has 5 aromatic rings. The molecule has 0 radical (unpaired) electrons. The zero-order valence-electron chi connectivity index (χ0n) is 25.4. The number of aromatic nitrogens is 2. The molecule has 43 heavy (non-hydrogen) atoms. The van der Waals surface area contributed by atoms with Crippen molar-refractivity contribution in [2.24, 2.45) is 11.8 Å². The third kappa shape index (κ3) is 4.62. The summed E-state index contributed by atoms with van der Waals surface area (Å²) in [5.41, 5.74) is 5.58. The quantitative estimate of drug-likeness (QED) is 0.172. The Bertz CT molecular complexity index is 1900. The van der Waals surface area contributed by atoms with Gasteiger partial charge in [0.1, 0.15) is 22.8 Å².